The molecule has 0 spiro atoms. The Hall–Kier alpha value is -1.81. The van der Waals surface area contributed by atoms with Crippen molar-refractivity contribution in [3.63, 3.8) is 0 Å². The molecule has 0 saturated carbocycles. The zero-order valence-corrected chi connectivity index (χ0v) is 9.98. The third kappa shape index (κ3) is 4.28. The second-order valence-corrected chi connectivity index (χ2v) is 3.70. The van der Waals surface area contributed by atoms with E-state index in [1.807, 2.05) is 24.3 Å². The highest BCUT2D eigenvalue weighted by Crippen LogP contribution is 2.12. The van der Waals surface area contributed by atoms with E-state index in [0.29, 0.717) is 13.0 Å². The number of benzene rings is 1. The van der Waals surface area contributed by atoms with Crippen LogP contribution < -0.4 is 15.8 Å². The van der Waals surface area contributed by atoms with Crippen molar-refractivity contribution in [1.82, 2.24) is 5.32 Å². The lowest BCUT2D eigenvalue weighted by Crippen LogP contribution is -2.39. The smallest absolute Gasteiger partial charge is 0.237 e. The van der Waals surface area contributed by atoms with Gasteiger partial charge in [-0.3, -0.25) is 4.79 Å². The minimum absolute atomic E-state index is 0.173. The molecule has 1 aromatic carbocycles. The fourth-order valence-electron chi connectivity index (χ4n) is 1.39. The monoisotopic (exact) mass is 234 g/mol. The van der Waals surface area contributed by atoms with Gasteiger partial charge in [-0.05, 0) is 24.1 Å². The molecular formula is C13H18N2O2. The molecule has 0 aliphatic rings. The molecular weight excluding hydrogens is 216 g/mol. The van der Waals surface area contributed by atoms with Gasteiger partial charge in [0, 0.05) is 6.54 Å². The van der Waals surface area contributed by atoms with E-state index >= 15 is 0 Å². The van der Waals surface area contributed by atoms with Crippen molar-refractivity contribution in [2.75, 3.05) is 7.11 Å². The van der Waals surface area contributed by atoms with Gasteiger partial charge in [-0.2, -0.15) is 0 Å². The lowest BCUT2D eigenvalue weighted by molar-refractivity contribution is -0.122. The minimum atomic E-state index is -0.530. The van der Waals surface area contributed by atoms with Crippen LogP contribution in [0.2, 0.25) is 0 Å². The van der Waals surface area contributed by atoms with Crippen LogP contribution in [0.1, 0.15) is 12.0 Å². The Balaban J connectivity index is 2.49. The minimum Gasteiger partial charge on any atom is -0.497 e. The quantitative estimate of drug-likeness (QED) is 0.727. The van der Waals surface area contributed by atoms with Gasteiger partial charge in [0.05, 0.1) is 13.2 Å². The maximum atomic E-state index is 11.5. The number of amides is 1. The number of methoxy groups -OCH3 is 1. The fourth-order valence-corrected chi connectivity index (χ4v) is 1.39. The summed E-state index contributed by atoms with van der Waals surface area (Å²) in [6.07, 6.45) is 2.11. The summed E-state index contributed by atoms with van der Waals surface area (Å²) < 4.78 is 5.10. The molecule has 1 rings (SSSR count). The number of rotatable bonds is 6. The van der Waals surface area contributed by atoms with E-state index in [0.717, 1.165) is 11.3 Å². The van der Waals surface area contributed by atoms with Gasteiger partial charge in [0.25, 0.3) is 0 Å². The molecule has 17 heavy (non-hydrogen) atoms. The molecule has 4 heteroatoms. The van der Waals surface area contributed by atoms with Crippen molar-refractivity contribution in [1.29, 1.82) is 0 Å². The molecule has 0 heterocycles. The number of hydrogen-bond acceptors (Lipinski definition) is 3. The SMILES string of the molecule is C=CCC(N)C(=O)NCc1cccc(OC)c1. The fraction of sp³-hybridized carbons (Fsp3) is 0.308. The van der Waals surface area contributed by atoms with Crippen LogP contribution in [0.5, 0.6) is 5.75 Å². The molecule has 1 atom stereocenters. The van der Waals surface area contributed by atoms with E-state index in [2.05, 4.69) is 11.9 Å². The van der Waals surface area contributed by atoms with Crippen LogP contribution >= 0.6 is 0 Å². The van der Waals surface area contributed by atoms with E-state index in [9.17, 15) is 4.79 Å². The molecule has 1 amide bonds. The topological polar surface area (TPSA) is 64.4 Å². The lowest BCUT2D eigenvalue weighted by Gasteiger charge is -2.10. The van der Waals surface area contributed by atoms with E-state index in [4.69, 9.17) is 10.5 Å². The summed E-state index contributed by atoms with van der Waals surface area (Å²) >= 11 is 0. The highest BCUT2D eigenvalue weighted by Gasteiger charge is 2.10. The first kappa shape index (κ1) is 13.3. The van der Waals surface area contributed by atoms with Crippen molar-refractivity contribution in [2.24, 2.45) is 5.73 Å². The second-order valence-electron chi connectivity index (χ2n) is 3.70. The molecule has 92 valence electrons. The molecule has 0 fully saturated rings. The van der Waals surface area contributed by atoms with Gasteiger partial charge in [0.2, 0.25) is 5.91 Å². The third-order valence-electron chi connectivity index (χ3n) is 2.36. The second kappa shape index (κ2) is 6.70. The van der Waals surface area contributed by atoms with Gasteiger partial charge in [-0.1, -0.05) is 18.2 Å². The molecule has 3 N–H and O–H groups in total. The van der Waals surface area contributed by atoms with Crippen LogP contribution in [0.25, 0.3) is 0 Å². The molecule has 0 radical (unpaired) electrons. The van der Waals surface area contributed by atoms with Gasteiger partial charge in [0.15, 0.2) is 0 Å². The number of carbonyl (C=O) groups excluding carboxylic acids is 1. The van der Waals surface area contributed by atoms with Crippen LogP contribution in [0.15, 0.2) is 36.9 Å². The summed E-state index contributed by atoms with van der Waals surface area (Å²) in [5.41, 5.74) is 6.62. The Kier molecular flexibility index (Phi) is 5.23. The van der Waals surface area contributed by atoms with Gasteiger partial charge in [-0.15, -0.1) is 6.58 Å². The van der Waals surface area contributed by atoms with Gasteiger partial charge in [0.1, 0.15) is 5.75 Å². The Labute approximate surface area is 101 Å². The van der Waals surface area contributed by atoms with E-state index in [1.54, 1.807) is 13.2 Å². The third-order valence-corrected chi connectivity index (χ3v) is 2.36. The number of ether oxygens (including phenoxy) is 1. The van der Waals surface area contributed by atoms with Crippen molar-refractivity contribution in [3.8, 4) is 5.75 Å². The van der Waals surface area contributed by atoms with Gasteiger partial charge < -0.3 is 15.8 Å². The van der Waals surface area contributed by atoms with Gasteiger partial charge >= 0.3 is 0 Å². The highest BCUT2D eigenvalue weighted by atomic mass is 16.5. The predicted molar refractivity (Wildman–Crippen MR) is 67.6 cm³/mol. The first-order valence-electron chi connectivity index (χ1n) is 5.44. The van der Waals surface area contributed by atoms with E-state index in [-0.39, 0.29) is 5.91 Å². The largest absolute Gasteiger partial charge is 0.497 e. The molecule has 0 aliphatic heterocycles. The first-order chi connectivity index (χ1) is 8.17. The summed E-state index contributed by atoms with van der Waals surface area (Å²) in [7, 11) is 1.61. The van der Waals surface area contributed by atoms with Crippen molar-refractivity contribution < 1.29 is 9.53 Å². The summed E-state index contributed by atoms with van der Waals surface area (Å²) in [4.78, 5) is 11.5. The van der Waals surface area contributed by atoms with Crippen LogP contribution in [0.4, 0.5) is 0 Å². The molecule has 0 bridgehead atoms. The number of nitrogens with one attached hydrogen (secondary N) is 1. The Morgan fingerprint density at radius 3 is 3.06 bits per heavy atom. The zero-order valence-electron chi connectivity index (χ0n) is 9.98. The van der Waals surface area contributed by atoms with Crippen LogP contribution in [-0.2, 0) is 11.3 Å². The Morgan fingerprint density at radius 1 is 1.65 bits per heavy atom. The summed E-state index contributed by atoms with van der Waals surface area (Å²) in [6.45, 7) is 3.99. The maximum absolute atomic E-state index is 11.5. The molecule has 4 nitrogen and oxygen atoms in total. The maximum Gasteiger partial charge on any atom is 0.237 e. The average molecular weight is 234 g/mol. The van der Waals surface area contributed by atoms with Crippen LogP contribution in [0.3, 0.4) is 0 Å². The number of nitrogens with two attached hydrogens (primary N) is 1. The number of hydrogen-bond donors (Lipinski definition) is 2. The first-order valence-corrected chi connectivity index (χ1v) is 5.44. The predicted octanol–water partition coefficient (Wildman–Crippen LogP) is 1.21. The standard InChI is InChI=1S/C13H18N2O2/c1-3-5-12(14)13(16)15-9-10-6-4-7-11(8-10)17-2/h3-4,6-8,12H,1,5,9,14H2,2H3,(H,15,16). The van der Waals surface area contributed by atoms with E-state index in [1.165, 1.54) is 0 Å². The lowest BCUT2D eigenvalue weighted by atomic mass is 10.2. The van der Waals surface area contributed by atoms with Crippen LogP contribution in [0, 0.1) is 0 Å². The Bertz CT molecular complexity index is 391. The van der Waals surface area contributed by atoms with Crippen LogP contribution in [-0.4, -0.2) is 19.1 Å². The van der Waals surface area contributed by atoms with Gasteiger partial charge in [-0.25, -0.2) is 0 Å². The average Bonchev–Trinajstić information content (AvgIpc) is 2.36. The van der Waals surface area contributed by atoms with E-state index < -0.39 is 6.04 Å². The van der Waals surface area contributed by atoms with Crippen molar-refractivity contribution in [3.05, 3.63) is 42.5 Å². The summed E-state index contributed by atoms with van der Waals surface area (Å²) in [5.74, 6) is 0.597. The summed E-state index contributed by atoms with van der Waals surface area (Å²) in [6, 6.07) is 7.00. The zero-order chi connectivity index (χ0) is 12.7. The van der Waals surface area contributed by atoms with Crippen molar-refractivity contribution >= 4 is 5.91 Å². The number of carbonyl (C=O) groups is 1. The molecule has 0 aliphatic carbocycles. The summed E-state index contributed by atoms with van der Waals surface area (Å²) in [5, 5.41) is 2.77. The van der Waals surface area contributed by atoms with Crippen molar-refractivity contribution in [2.45, 2.75) is 19.0 Å². The molecule has 1 aromatic rings. The Morgan fingerprint density at radius 2 is 2.41 bits per heavy atom. The highest BCUT2D eigenvalue weighted by molar-refractivity contribution is 5.81. The molecule has 0 saturated heterocycles. The normalized spacial score (nSPS) is 11.6. The molecule has 1 unspecified atom stereocenters. The molecule has 0 aromatic heterocycles.